The fraction of sp³-hybridized carbons (Fsp3) is 0.406. The number of ether oxygens (including phenoxy) is 1. The van der Waals surface area contributed by atoms with Crippen molar-refractivity contribution >= 4 is 40.9 Å². The Balaban J connectivity index is 1.35. The number of nitrogens with zero attached hydrogens (tertiary/aromatic N) is 1. The maximum Gasteiger partial charge on any atom is 0.255 e. The summed E-state index contributed by atoms with van der Waals surface area (Å²) in [6.45, 7) is 3.84. The van der Waals surface area contributed by atoms with E-state index in [-0.39, 0.29) is 49.2 Å². The number of allylic oxidation sites excluding steroid dienone is 1. The summed E-state index contributed by atoms with van der Waals surface area (Å²) >= 11 is 0. The second-order valence-electron chi connectivity index (χ2n) is 11.0. The van der Waals surface area contributed by atoms with Crippen LogP contribution in [0.25, 0.3) is 0 Å². The van der Waals surface area contributed by atoms with Gasteiger partial charge in [-0.05, 0) is 75.2 Å². The number of carbonyl (C=O) groups is 5. The molecule has 12 nitrogen and oxygen atoms in total. The molecule has 4 rings (SSSR count). The van der Waals surface area contributed by atoms with Gasteiger partial charge in [-0.3, -0.25) is 28.9 Å². The number of para-hydroxylation sites is 1. The van der Waals surface area contributed by atoms with Crippen LogP contribution in [0.15, 0.2) is 60.7 Å². The highest BCUT2D eigenvalue weighted by molar-refractivity contribution is 5.97. The van der Waals surface area contributed by atoms with Crippen LogP contribution in [0.4, 0.5) is 11.4 Å². The van der Waals surface area contributed by atoms with Gasteiger partial charge < -0.3 is 31.3 Å². The first-order valence-electron chi connectivity index (χ1n) is 14.9. The van der Waals surface area contributed by atoms with Crippen molar-refractivity contribution in [1.29, 1.82) is 0 Å². The van der Waals surface area contributed by atoms with Crippen molar-refractivity contribution < 1.29 is 28.7 Å². The number of hydrogen-bond donors (Lipinski definition) is 5. The van der Waals surface area contributed by atoms with Crippen LogP contribution < -0.4 is 31.3 Å². The standard InChI is InChI=1S/C32H40N6O6/c1-23(39)36-24-7-4-8-25(21-24)37-29(41)22-38-18-13-32(14-19-38)12-5-11-28(40)33-17-20-44-27-10-3-2-9-26(27)30(42)34-15-6-16-35-31(32)43/h2-5,7-11,21H,6,12-20,22H2,1H3,(H,33,40)(H,34,42)(H,35,43)(H,36,39)(H,37,41)/b11-5+. The molecule has 5 N–H and O–H groups in total. The topological polar surface area (TPSA) is 158 Å². The van der Waals surface area contributed by atoms with E-state index in [4.69, 9.17) is 4.74 Å². The Labute approximate surface area is 257 Å². The highest BCUT2D eigenvalue weighted by Gasteiger charge is 2.40. The van der Waals surface area contributed by atoms with E-state index in [9.17, 15) is 24.0 Å². The Morgan fingerprint density at radius 1 is 0.909 bits per heavy atom. The number of benzene rings is 2. The van der Waals surface area contributed by atoms with Gasteiger partial charge in [-0.25, -0.2) is 0 Å². The molecule has 1 saturated heterocycles. The summed E-state index contributed by atoms with van der Waals surface area (Å²) in [5.74, 6) is -0.627. The molecule has 44 heavy (non-hydrogen) atoms. The van der Waals surface area contributed by atoms with E-state index in [1.54, 1.807) is 54.6 Å². The lowest BCUT2D eigenvalue weighted by molar-refractivity contribution is -0.134. The fourth-order valence-corrected chi connectivity index (χ4v) is 5.29. The number of piperidine rings is 1. The second kappa shape index (κ2) is 15.7. The molecule has 0 bridgehead atoms. The van der Waals surface area contributed by atoms with Gasteiger partial charge in [-0.2, -0.15) is 0 Å². The molecule has 0 unspecified atom stereocenters. The molecule has 5 amide bonds. The highest BCUT2D eigenvalue weighted by Crippen LogP contribution is 2.36. The lowest BCUT2D eigenvalue weighted by Gasteiger charge is -2.40. The first kappa shape index (κ1) is 32.2. The summed E-state index contributed by atoms with van der Waals surface area (Å²) in [6, 6.07) is 13.9. The van der Waals surface area contributed by atoms with E-state index in [0.29, 0.717) is 74.6 Å². The lowest BCUT2D eigenvalue weighted by atomic mass is 9.74. The van der Waals surface area contributed by atoms with E-state index >= 15 is 0 Å². The van der Waals surface area contributed by atoms with Crippen LogP contribution in [0, 0.1) is 5.41 Å². The van der Waals surface area contributed by atoms with Gasteiger partial charge in [0.2, 0.25) is 23.6 Å². The van der Waals surface area contributed by atoms with Gasteiger partial charge in [0.15, 0.2) is 0 Å². The van der Waals surface area contributed by atoms with Crippen LogP contribution >= 0.6 is 0 Å². The average Bonchev–Trinajstić information content (AvgIpc) is 2.99. The summed E-state index contributed by atoms with van der Waals surface area (Å²) in [7, 11) is 0. The Kier molecular flexibility index (Phi) is 11.5. The molecular weight excluding hydrogens is 564 g/mol. The van der Waals surface area contributed by atoms with E-state index in [1.165, 1.54) is 13.0 Å². The summed E-state index contributed by atoms with van der Waals surface area (Å²) in [6.07, 6.45) is 5.12. The van der Waals surface area contributed by atoms with Gasteiger partial charge in [0.25, 0.3) is 5.91 Å². The van der Waals surface area contributed by atoms with Gasteiger partial charge in [-0.1, -0.05) is 24.3 Å². The summed E-state index contributed by atoms with van der Waals surface area (Å²) < 4.78 is 5.74. The van der Waals surface area contributed by atoms with E-state index in [1.807, 2.05) is 4.90 Å². The molecule has 234 valence electrons. The molecule has 0 radical (unpaired) electrons. The minimum Gasteiger partial charge on any atom is -0.491 e. The van der Waals surface area contributed by atoms with Crippen LogP contribution in [-0.4, -0.2) is 80.3 Å². The van der Waals surface area contributed by atoms with Crippen LogP contribution in [-0.2, 0) is 19.2 Å². The predicted molar refractivity (Wildman–Crippen MR) is 166 cm³/mol. The molecule has 2 aromatic carbocycles. The molecule has 0 saturated carbocycles. The Morgan fingerprint density at radius 3 is 2.41 bits per heavy atom. The molecule has 0 aliphatic carbocycles. The highest BCUT2D eigenvalue weighted by atomic mass is 16.5. The van der Waals surface area contributed by atoms with Crippen molar-refractivity contribution in [2.24, 2.45) is 5.41 Å². The quantitative estimate of drug-likeness (QED) is 0.357. The van der Waals surface area contributed by atoms with Gasteiger partial charge in [0, 0.05) is 31.4 Å². The van der Waals surface area contributed by atoms with E-state index in [2.05, 4.69) is 26.6 Å². The van der Waals surface area contributed by atoms with E-state index in [0.717, 1.165) is 0 Å². The largest absolute Gasteiger partial charge is 0.491 e. The Morgan fingerprint density at radius 2 is 1.64 bits per heavy atom. The van der Waals surface area contributed by atoms with Crippen LogP contribution in [0.5, 0.6) is 5.75 Å². The SMILES string of the molecule is CC(=O)Nc1cccc(NC(=O)CN2CCC3(C/C=C/C(=O)NCCOc4ccccc4C(=O)NCCCNC3=O)CC2)c1. The third kappa shape index (κ3) is 9.40. The summed E-state index contributed by atoms with van der Waals surface area (Å²) in [5.41, 5.74) is 0.845. The first-order valence-corrected chi connectivity index (χ1v) is 14.9. The lowest BCUT2D eigenvalue weighted by Crippen LogP contribution is -2.50. The third-order valence-electron chi connectivity index (χ3n) is 7.62. The fourth-order valence-electron chi connectivity index (χ4n) is 5.29. The molecule has 2 aromatic rings. The molecule has 0 atom stereocenters. The van der Waals surface area contributed by atoms with Crippen LogP contribution in [0.2, 0.25) is 0 Å². The van der Waals surface area contributed by atoms with Crippen molar-refractivity contribution in [2.45, 2.75) is 32.6 Å². The number of fused-ring (bicyclic) bond motifs is 1. The van der Waals surface area contributed by atoms with Gasteiger partial charge in [0.05, 0.1) is 24.1 Å². The molecule has 12 heteroatoms. The Hall–Kier alpha value is -4.71. The molecule has 2 aliphatic heterocycles. The van der Waals surface area contributed by atoms with Crippen molar-refractivity contribution in [3.05, 3.63) is 66.2 Å². The molecule has 2 heterocycles. The normalized spacial score (nSPS) is 19.1. The first-order chi connectivity index (χ1) is 21.2. The monoisotopic (exact) mass is 604 g/mol. The number of amides is 5. The van der Waals surface area contributed by atoms with Crippen molar-refractivity contribution in [2.75, 3.05) is 56.5 Å². The van der Waals surface area contributed by atoms with Crippen LogP contribution in [0.3, 0.4) is 0 Å². The summed E-state index contributed by atoms with van der Waals surface area (Å²) in [5, 5.41) is 14.2. The van der Waals surface area contributed by atoms with Gasteiger partial charge in [0.1, 0.15) is 12.4 Å². The van der Waals surface area contributed by atoms with Crippen molar-refractivity contribution in [3.63, 3.8) is 0 Å². The maximum atomic E-state index is 13.5. The molecule has 1 fully saturated rings. The zero-order valence-electron chi connectivity index (χ0n) is 24.9. The minimum atomic E-state index is -0.729. The number of carbonyl (C=O) groups excluding carboxylic acids is 5. The molecule has 2 aliphatic rings. The number of likely N-dealkylation sites (tertiary alicyclic amines) is 1. The molecular formula is C32H40N6O6. The zero-order valence-corrected chi connectivity index (χ0v) is 24.9. The summed E-state index contributed by atoms with van der Waals surface area (Å²) in [4.78, 5) is 64.8. The minimum absolute atomic E-state index is 0.104. The number of rotatable bonds is 4. The van der Waals surface area contributed by atoms with Gasteiger partial charge in [-0.15, -0.1) is 0 Å². The van der Waals surface area contributed by atoms with Gasteiger partial charge >= 0.3 is 0 Å². The predicted octanol–water partition coefficient (Wildman–Crippen LogP) is 2.06. The molecule has 1 spiro atoms. The van der Waals surface area contributed by atoms with Crippen molar-refractivity contribution in [3.8, 4) is 5.75 Å². The number of nitrogens with one attached hydrogen (secondary N) is 5. The van der Waals surface area contributed by atoms with E-state index < -0.39 is 5.41 Å². The third-order valence-corrected chi connectivity index (χ3v) is 7.62. The van der Waals surface area contributed by atoms with Crippen molar-refractivity contribution in [1.82, 2.24) is 20.9 Å². The molecule has 0 aromatic heterocycles. The van der Waals surface area contributed by atoms with Crippen LogP contribution in [0.1, 0.15) is 43.0 Å². The zero-order chi connectivity index (χ0) is 31.4. The smallest absolute Gasteiger partial charge is 0.255 e. The Bertz CT molecular complexity index is 1380. The second-order valence-corrected chi connectivity index (χ2v) is 11.0. The maximum absolute atomic E-state index is 13.5. The number of hydrogen-bond acceptors (Lipinski definition) is 7. The number of anilines is 2. The average molecular weight is 605 g/mol.